The van der Waals surface area contributed by atoms with E-state index in [0.29, 0.717) is 6.07 Å². The predicted molar refractivity (Wildman–Crippen MR) is 140 cm³/mol. The van der Waals surface area contributed by atoms with Crippen molar-refractivity contribution < 1.29 is 31.2 Å². The summed E-state index contributed by atoms with van der Waals surface area (Å²) in [6, 6.07) is 5.84. The molecule has 7 N–H and O–H groups in total. The fourth-order valence-electron chi connectivity index (χ4n) is 1.74. The Kier molecular flexibility index (Phi) is 13.9. The van der Waals surface area contributed by atoms with Crippen LogP contribution in [0.4, 0.5) is 22.7 Å². The van der Waals surface area contributed by atoms with Crippen molar-refractivity contribution in [3.05, 3.63) is 56.6 Å². The van der Waals surface area contributed by atoms with Gasteiger partial charge in [0.25, 0.3) is 21.5 Å². The second-order valence-corrected chi connectivity index (χ2v) is 7.90. The van der Waals surface area contributed by atoms with Crippen molar-refractivity contribution in [1.29, 1.82) is 0 Å². The maximum atomic E-state index is 10.9. The summed E-state index contributed by atoms with van der Waals surface area (Å²) in [6.45, 7) is 0. The first kappa shape index (κ1) is 32.0. The molecule has 0 spiro atoms. The molecule has 0 saturated heterocycles. The number of anilines is 2. The number of nitro benzene ring substituents is 2. The summed E-state index contributed by atoms with van der Waals surface area (Å²) in [6.07, 6.45) is 0. The lowest BCUT2D eigenvalue weighted by Gasteiger charge is -2.01. The van der Waals surface area contributed by atoms with E-state index in [0.717, 1.165) is 30.3 Å². The van der Waals surface area contributed by atoms with E-state index in [2.05, 4.69) is 37.2 Å². The predicted octanol–water partition coefficient (Wildman–Crippen LogP) is 2.64. The molecule has 19 heteroatoms. The average Bonchev–Trinajstić information content (AvgIpc) is 2.62. The Balaban J connectivity index is 0. The Bertz CT molecular complexity index is 1070. The minimum atomic E-state index is -4.52. The Hall–Kier alpha value is -1.15. The molecule has 0 amide bonds. The molecule has 2 rings (SSSR count). The number of nitro groups is 2. The molecule has 0 aliphatic heterocycles. The zero-order chi connectivity index (χ0) is 23.9. The Morgan fingerprint density at radius 3 is 1.42 bits per heavy atom. The van der Waals surface area contributed by atoms with E-state index in [4.69, 9.17) is 21.2 Å². The molecule has 0 heterocycles. The van der Waals surface area contributed by atoms with Crippen LogP contribution in [0.25, 0.3) is 0 Å². The molecular formula is C12H14I3N5O9S2. The lowest BCUT2D eigenvalue weighted by atomic mass is 10.3. The number of nitrogen functional groups attached to an aromatic ring is 2. The maximum Gasteiger partial charge on any atom is 0.296 e. The first-order chi connectivity index (χ1) is 13.6. The van der Waals surface area contributed by atoms with Gasteiger partial charge in [-0.3, -0.25) is 24.8 Å². The summed E-state index contributed by atoms with van der Waals surface area (Å²) in [4.78, 5) is 18.0. The monoisotopic (exact) mass is 817 g/mol. The molecule has 0 aliphatic carbocycles. The van der Waals surface area contributed by atoms with Crippen LogP contribution in [0, 0.1) is 20.2 Å². The quantitative estimate of drug-likeness (QED) is 0.115. The van der Waals surface area contributed by atoms with Crippen molar-refractivity contribution in [1.82, 2.24) is 0 Å². The number of halogens is 3. The van der Waals surface area contributed by atoms with Gasteiger partial charge in [0.05, 0.1) is 21.2 Å². The molecule has 0 bridgehead atoms. The third-order valence-corrected chi connectivity index (χ3v) is 4.88. The molecule has 2 aromatic rings. The maximum absolute atomic E-state index is 10.9. The van der Waals surface area contributed by atoms with Gasteiger partial charge < -0.3 is 11.5 Å². The zero-order valence-electron chi connectivity index (χ0n) is 14.8. The van der Waals surface area contributed by atoms with E-state index in [1.807, 2.05) is 0 Å². The third kappa shape index (κ3) is 10.3. The molecule has 0 unspecified atom stereocenters. The lowest BCUT2D eigenvalue weighted by Crippen LogP contribution is -2.14. The third-order valence-electron chi connectivity index (χ3n) is 3.00. The van der Waals surface area contributed by atoms with E-state index in [-0.39, 0.29) is 41.0 Å². The van der Waals surface area contributed by atoms with E-state index < -0.39 is 45.5 Å². The molecule has 0 atom stereocenters. The normalized spacial score (nSPS) is 10.3. The highest BCUT2D eigenvalue weighted by Gasteiger charge is 2.18. The number of hydrogen-bond acceptors (Lipinski definition) is 10. The van der Waals surface area contributed by atoms with Gasteiger partial charge in [-0.25, -0.2) is 13.6 Å². The van der Waals surface area contributed by atoms with Crippen LogP contribution in [0.1, 0.15) is 0 Å². The number of hydrogen-bond donors (Lipinski definition) is 4. The standard InChI is InChI=1S/C6H7N3O4S.C6H6N2O5S.I2.HI/c7-5-2-1-4(9(10)11)3-6(5)14(8,12)13;7-5-2-1-4(8(9)10)3-6(5)14(11,12)13;1-2;/h1-3H,7H2,(H2,8,12,13);1-3H,7H2,(H,11,12,13);;1H. The van der Waals surface area contributed by atoms with E-state index in [1.54, 1.807) is 0 Å². The molecular weight excluding hydrogens is 803 g/mol. The lowest BCUT2D eigenvalue weighted by molar-refractivity contribution is -0.385. The Morgan fingerprint density at radius 2 is 1.13 bits per heavy atom. The van der Waals surface area contributed by atoms with Crippen LogP contribution in [0.3, 0.4) is 0 Å². The van der Waals surface area contributed by atoms with Gasteiger partial charge in [0.15, 0.2) is 0 Å². The van der Waals surface area contributed by atoms with E-state index in [9.17, 15) is 37.1 Å². The van der Waals surface area contributed by atoms with Gasteiger partial charge >= 0.3 is 0 Å². The number of nitrogens with two attached hydrogens (primary N) is 3. The molecule has 2 aromatic carbocycles. The molecule has 0 aromatic heterocycles. The van der Waals surface area contributed by atoms with Gasteiger partial charge in [-0.2, -0.15) is 8.42 Å². The molecule has 0 radical (unpaired) electrons. The van der Waals surface area contributed by atoms with Crippen molar-refractivity contribution in [2.24, 2.45) is 5.14 Å². The number of non-ortho nitro benzene ring substituents is 2. The van der Waals surface area contributed by atoms with Gasteiger partial charge in [-0.1, -0.05) is 0 Å². The summed E-state index contributed by atoms with van der Waals surface area (Å²) >= 11 is 4.24. The Morgan fingerprint density at radius 1 is 0.806 bits per heavy atom. The highest BCUT2D eigenvalue weighted by molar-refractivity contribution is 15.0. The van der Waals surface area contributed by atoms with Gasteiger partial charge in [0.1, 0.15) is 9.79 Å². The molecule has 174 valence electrons. The summed E-state index contributed by atoms with van der Waals surface area (Å²) in [5.74, 6) is 0. The van der Waals surface area contributed by atoms with Crippen LogP contribution in [-0.4, -0.2) is 31.2 Å². The van der Waals surface area contributed by atoms with Crippen LogP contribution in [0.2, 0.25) is 0 Å². The summed E-state index contributed by atoms with van der Waals surface area (Å²) in [5, 5.41) is 25.4. The van der Waals surface area contributed by atoms with Crippen LogP contribution in [0.5, 0.6) is 0 Å². The number of primary sulfonamides is 1. The average molecular weight is 817 g/mol. The van der Waals surface area contributed by atoms with Crippen molar-refractivity contribution in [3.63, 3.8) is 0 Å². The van der Waals surface area contributed by atoms with E-state index in [1.165, 1.54) is 0 Å². The highest BCUT2D eigenvalue weighted by atomic mass is 128. The minimum absolute atomic E-state index is 0. The second kappa shape index (κ2) is 13.4. The summed E-state index contributed by atoms with van der Waals surface area (Å²) in [7, 11) is -8.54. The fraction of sp³-hybridized carbons (Fsp3) is 0. The van der Waals surface area contributed by atoms with Crippen molar-refractivity contribution >= 4 is 104 Å². The van der Waals surface area contributed by atoms with Crippen molar-refractivity contribution in [2.75, 3.05) is 11.5 Å². The topological polar surface area (TPSA) is 253 Å². The minimum Gasteiger partial charge on any atom is -0.398 e. The zero-order valence-corrected chi connectivity index (χ0v) is 23.1. The summed E-state index contributed by atoms with van der Waals surface area (Å²) in [5.41, 5.74) is 9.33. The second-order valence-electron chi connectivity index (χ2n) is 4.98. The van der Waals surface area contributed by atoms with Crippen molar-refractivity contribution in [2.45, 2.75) is 9.79 Å². The van der Waals surface area contributed by atoms with Crippen LogP contribution >= 0.6 is 61.2 Å². The van der Waals surface area contributed by atoms with Crippen molar-refractivity contribution in [3.8, 4) is 0 Å². The van der Waals surface area contributed by atoms with Gasteiger partial charge in [0, 0.05) is 61.5 Å². The summed E-state index contributed by atoms with van der Waals surface area (Å²) < 4.78 is 51.8. The SMILES string of the molecule is I.II.Nc1ccc([N+](=O)[O-])cc1S(=O)(=O)O.Nc1ccc([N+](=O)[O-])cc1S(N)(=O)=O. The molecule has 0 aliphatic rings. The Labute approximate surface area is 216 Å². The molecule has 0 fully saturated rings. The smallest absolute Gasteiger partial charge is 0.296 e. The van der Waals surface area contributed by atoms with Crippen LogP contribution in [-0.2, 0) is 20.1 Å². The van der Waals surface area contributed by atoms with Gasteiger partial charge in [-0.05, 0) is 12.1 Å². The first-order valence-corrected chi connectivity index (χ1v) is 16.1. The highest BCUT2D eigenvalue weighted by Crippen LogP contribution is 2.24. The van der Waals surface area contributed by atoms with Crippen LogP contribution in [0.15, 0.2) is 46.2 Å². The van der Waals surface area contributed by atoms with Gasteiger partial charge in [-0.15, -0.1) is 24.0 Å². The fourth-order valence-corrected chi connectivity index (χ4v) is 3.06. The largest absolute Gasteiger partial charge is 0.398 e. The molecule has 0 saturated carbocycles. The number of rotatable bonds is 4. The van der Waals surface area contributed by atoms with Crippen LogP contribution < -0.4 is 16.6 Å². The molecule has 14 nitrogen and oxygen atoms in total. The number of benzene rings is 2. The van der Waals surface area contributed by atoms with E-state index >= 15 is 0 Å². The molecule has 31 heavy (non-hydrogen) atoms. The van der Waals surface area contributed by atoms with Gasteiger partial charge in [0.2, 0.25) is 10.0 Å². The number of sulfonamides is 1. The number of nitrogens with zero attached hydrogens (tertiary/aromatic N) is 2. The first-order valence-electron chi connectivity index (χ1n) is 6.87.